The Hall–Kier alpha value is -3.30. The quantitative estimate of drug-likeness (QED) is 0.215. The summed E-state index contributed by atoms with van der Waals surface area (Å²) in [6, 6.07) is 14.6. The van der Waals surface area contributed by atoms with Gasteiger partial charge in [0.2, 0.25) is 0 Å². The number of benzene rings is 3. The number of fused-ring (bicyclic) bond motifs is 1. The number of carbonyl (C=O) groups excluding carboxylic acids is 1. The number of rotatable bonds is 6. The lowest BCUT2D eigenvalue weighted by Crippen LogP contribution is -2.05. The fourth-order valence-corrected chi connectivity index (χ4v) is 4.64. The van der Waals surface area contributed by atoms with Gasteiger partial charge in [0.15, 0.2) is 0 Å². The molecule has 0 spiro atoms. The van der Waals surface area contributed by atoms with Crippen LogP contribution >= 0.6 is 11.3 Å². The van der Waals surface area contributed by atoms with Crippen LogP contribution in [0, 0.1) is 0 Å². The molecule has 9 heteroatoms. The summed E-state index contributed by atoms with van der Waals surface area (Å²) in [5, 5.41) is 12.7. The van der Waals surface area contributed by atoms with Crippen LogP contribution in [0.1, 0.15) is 33.8 Å². The number of hydrogen-bond donors (Lipinski definition) is 1. The van der Waals surface area contributed by atoms with Crippen molar-refractivity contribution in [3.8, 4) is 22.3 Å². The first-order chi connectivity index (χ1) is 16.6. The zero-order valence-corrected chi connectivity index (χ0v) is 19.1. The zero-order chi connectivity index (χ0) is 25.3. The summed E-state index contributed by atoms with van der Waals surface area (Å²) in [7, 11) is 0. The number of carbonyl (C=O) groups is 1. The molecule has 3 nitrogen and oxygen atoms in total. The maximum atomic E-state index is 13.0. The molecule has 35 heavy (non-hydrogen) atoms. The van der Waals surface area contributed by atoms with Crippen LogP contribution in [0.2, 0.25) is 0 Å². The van der Waals surface area contributed by atoms with Gasteiger partial charge in [-0.15, -0.1) is 11.3 Å². The number of aliphatic hydroxyl groups is 1. The molecule has 0 radical (unpaired) electrons. The highest BCUT2D eigenvalue weighted by Gasteiger charge is 2.30. The Morgan fingerprint density at radius 3 is 2.29 bits per heavy atom. The van der Waals surface area contributed by atoms with Crippen molar-refractivity contribution in [3.63, 3.8) is 0 Å². The molecule has 4 aromatic rings. The second-order valence-electron chi connectivity index (χ2n) is 7.77. The first-order valence-electron chi connectivity index (χ1n) is 10.6. The number of esters is 1. The number of ether oxygens (including phenoxy) is 1. The third-order valence-electron chi connectivity index (χ3n) is 5.47. The lowest BCUT2D eigenvalue weighted by atomic mass is 9.93. The van der Waals surface area contributed by atoms with Gasteiger partial charge in [0.1, 0.15) is 6.10 Å². The van der Waals surface area contributed by atoms with Crippen molar-refractivity contribution in [2.75, 3.05) is 6.61 Å². The zero-order valence-electron chi connectivity index (χ0n) is 18.3. The van der Waals surface area contributed by atoms with E-state index >= 15 is 0 Å². The lowest BCUT2D eigenvalue weighted by molar-refractivity contribution is -0.137. The third kappa shape index (κ3) is 5.21. The maximum absolute atomic E-state index is 13.0. The van der Waals surface area contributed by atoms with Crippen molar-refractivity contribution in [2.45, 2.75) is 25.6 Å². The van der Waals surface area contributed by atoms with Crippen LogP contribution in [-0.4, -0.2) is 24.1 Å². The molecule has 4 rings (SSSR count). The second-order valence-corrected chi connectivity index (χ2v) is 8.72. The lowest BCUT2D eigenvalue weighted by Gasteiger charge is -2.12. The molecule has 1 N–H and O–H groups in total. The molecule has 0 fully saturated rings. The van der Waals surface area contributed by atoms with E-state index in [1.165, 1.54) is 18.2 Å². The molecule has 0 aliphatic heterocycles. The summed E-state index contributed by atoms with van der Waals surface area (Å²) in [4.78, 5) is 12.6. The molecule has 0 aliphatic carbocycles. The molecule has 3 aromatic carbocycles. The van der Waals surface area contributed by atoms with Crippen LogP contribution in [0.25, 0.3) is 33.0 Å². The molecular weight excluding hydrogens is 487 g/mol. The normalized spacial score (nSPS) is 12.8. The molecule has 182 valence electrons. The standard InChI is InChI=1S/C26H19F5O3S/c1-2-34-25(33)17-10-16-9-15(14-3-6-19(7-4-14)26(29,30)31)5-8-20(16)21(11-17)18-12-22(35-13-18)23(32)24(27)28/h3-13,23-24,32H,2H2,1H3. The minimum absolute atomic E-state index is 0.0889. The molecule has 0 amide bonds. The summed E-state index contributed by atoms with van der Waals surface area (Å²) < 4.78 is 69.8. The maximum Gasteiger partial charge on any atom is 0.416 e. The van der Waals surface area contributed by atoms with Crippen LogP contribution < -0.4 is 0 Å². The van der Waals surface area contributed by atoms with Gasteiger partial charge in [-0.05, 0) is 81.7 Å². The predicted octanol–water partition coefficient (Wildman–Crippen LogP) is 7.73. The highest BCUT2D eigenvalue weighted by atomic mass is 32.1. The van der Waals surface area contributed by atoms with Gasteiger partial charge in [0.25, 0.3) is 6.43 Å². The van der Waals surface area contributed by atoms with Crippen LogP contribution in [0.3, 0.4) is 0 Å². The van der Waals surface area contributed by atoms with Crippen molar-refractivity contribution in [1.82, 2.24) is 0 Å². The smallest absolute Gasteiger partial charge is 0.416 e. The van der Waals surface area contributed by atoms with Gasteiger partial charge in [0.05, 0.1) is 17.7 Å². The summed E-state index contributed by atoms with van der Waals surface area (Å²) >= 11 is 0.979. The number of alkyl halides is 5. The Kier molecular flexibility index (Phi) is 6.91. The highest BCUT2D eigenvalue weighted by Crippen LogP contribution is 2.38. The van der Waals surface area contributed by atoms with Gasteiger partial charge in [-0.1, -0.05) is 24.3 Å². The Balaban J connectivity index is 1.83. The predicted molar refractivity (Wildman–Crippen MR) is 125 cm³/mol. The summed E-state index contributed by atoms with van der Waals surface area (Å²) in [5.41, 5.74) is 1.80. The van der Waals surface area contributed by atoms with E-state index in [-0.39, 0.29) is 17.0 Å². The first-order valence-corrected chi connectivity index (χ1v) is 11.4. The fourth-order valence-electron chi connectivity index (χ4n) is 3.75. The number of aliphatic hydroxyl groups excluding tert-OH is 1. The van der Waals surface area contributed by atoms with Gasteiger partial charge in [-0.3, -0.25) is 0 Å². The third-order valence-corrected chi connectivity index (χ3v) is 6.47. The van der Waals surface area contributed by atoms with E-state index in [0.717, 1.165) is 23.5 Å². The Labute approximate surface area is 201 Å². The minimum atomic E-state index is -4.44. The molecule has 0 bridgehead atoms. The van der Waals surface area contributed by atoms with Crippen LogP contribution in [0.15, 0.2) is 66.0 Å². The average Bonchev–Trinajstić information content (AvgIpc) is 3.32. The Bertz CT molecular complexity index is 1360. The van der Waals surface area contributed by atoms with E-state index in [2.05, 4.69) is 0 Å². The highest BCUT2D eigenvalue weighted by molar-refractivity contribution is 7.10. The van der Waals surface area contributed by atoms with E-state index in [9.17, 15) is 31.9 Å². The van der Waals surface area contributed by atoms with Crippen molar-refractivity contribution in [2.24, 2.45) is 0 Å². The van der Waals surface area contributed by atoms with Crippen molar-refractivity contribution in [1.29, 1.82) is 0 Å². The molecule has 0 saturated carbocycles. The van der Waals surface area contributed by atoms with Crippen molar-refractivity contribution < 1.29 is 36.6 Å². The second kappa shape index (κ2) is 9.75. The number of halogens is 5. The van der Waals surface area contributed by atoms with E-state index < -0.39 is 30.2 Å². The monoisotopic (exact) mass is 506 g/mol. The number of thiophene rings is 1. The van der Waals surface area contributed by atoms with E-state index in [1.807, 2.05) is 0 Å². The van der Waals surface area contributed by atoms with E-state index in [1.54, 1.807) is 42.6 Å². The van der Waals surface area contributed by atoms with Gasteiger partial charge in [-0.2, -0.15) is 13.2 Å². The van der Waals surface area contributed by atoms with Crippen molar-refractivity contribution in [3.05, 3.63) is 82.0 Å². The molecule has 0 aliphatic rings. The van der Waals surface area contributed by atoms with E-state index in [4.69, 9.17) is 4.74 Å². The van der Waals surface area contributed by atoms with E-state index in [0.29, 0.717) is 33.0 Å². The summed E-state index contributed by atoms with van der Waals surface area (Å²) in [6.45, 7) is 1.82. The summed E-state index contributed by atoms with van der Waals surface area (Å²) in [5.74, 6) is -0.571. The van der Waals surface area contributed by atoms with Gasteiger partial charge >= 0.3 is 12.1 Å². The topological polar surface area (TPSA) is 46.5 Å². The molecule has 1 heterocycles. The average molecular weight is 506 g/mol. The first kappa shape index (κ1) is 24.8. The van der Waals surface area contributed by atoms with Gasteiger partial charge < -0.3 is 9.84 Å². The molecule has 1 unspecified atom stereocenters. The fraction of sp³-hybridized carbons (Fsp3) is 0.192. The molecular formula is C26H19F5O3S. The van der Waals surface area contributed by atoms with Crippen molar-refractivity contribution >= 4 is 28.1 Å². The minimum Gasteiger partial charge on any atom is -0.462 e. The largest absolute Gasteiger partial charge is 0.462 e. The SMILES string of the molecule is CCOC(=O)c1cc(-c2csc(C(O)C(F)F)c2)c2ccc(-c3ccc(C(F)(F)F)cc3)cc2c1. The van der Waals surface area contributed by atoms with Crippen LogP contribution in [0.5, 0.6) is 0 Å². The van der Waals surface area contributed by atoms with Gasteiger partial charge in [0, 0.05) is 4.88 Å². The molecule has 0 saturated heterocycles. The molecule has 1 atom stereocenters. The summed E-state index contributed by atoms with van der Waals surface area (Å²) in [6.07, 6.45) is -9.29. The van der Waals surface area contributed by atoms with Gasteiger partial charge in [-0.25, -0.2) is 13.6 Å². The van der Waals surface area contributed by atoms with Crippen LogP contribution in [0.4, 0.5) is 22.0 Å². The Morgan fingerprint density at radius 2 is 1.66 bits per heavy atom. The van der Waals surface area contributed by atoms with Crippen LogP contribution in [-0.2, 0) is 10.9 Å². The Morgan fingerprint density at radius 1 is 0.971 bits per heavy atom. The number of hydrogen-bond acceptors (Lipinski definition) is 4. The molecule has 1 aromatic heterocycles.